The van der Waals surface area contributed by atoms with Gasteiger partial charge in [-0.05, 0) is 45.7 Å². The Morgan fingerprint density at radius 1 is 0.953 bits per heavy atom. The van der Waals surface area contributed by atoms with Gasteiger partial charge >= 0.3 is 6.09 Å². The van der Waals surface area contributed by atoms with E-state index in [-0.39, 0.29) is 31.2 Å². The predicted molar refractivity (Wildman–Crippen MR) is 161 cm³/mol. The molecule has 2 aromatic carbocycles. The minimum absolute atomic E-state index is 0.100. The lowest BCUT2D eigenvalue weighted by Gasteiger charge is -2.32. The van der Waals surface area contributed by atoms with Gasteiger partial charge in [0.15, 0.2) is 0 Å². The molecule has 0 fully saturated rings. The molecular weight excluding hydrogens is 550 g/mol. The van der Waals surface area contributed by atoms with Crippen LogP contribution in [0.1, 0.15) is 57.0 Å². The summed E-state index contributed by atoms with van der Waals surface area (Å²) in [6, 6.07) is 18.1. The lowest BCUT2D eigenvalue weighted by atomic mass is 10.0. The molecule has 3 amide bonds. The van der Waals surface area contributed by atoms with Crippen LogP contribution in [0.2, 0.25) is 0 Å². The van der Waals surface area contributed by atoms with Crippen molar-refractivity contribution >= 4 is 17.9 Å². The minimum atomic E-state index is -1.39. The maximum atomic E-state index is 13.8. The summed E-state index contributed by atoms with van der Waals surface area (Å²) in [5.74, 6) is -0.958. The fraction of sp³-hybridized carbons (Fsp3) is 0.438. The number of fused-ring (bicyclic) bond motifs is 1. The third-order valence-electron chi connectivity index (χ3n) is 6.99. The molecule has 1 aliphatic heterocycles. The molecule has 0 saturated heterocycles. The molecule has 3 N–H and O–H groups in total. The van der Waals surface area contributed by atoms with Gasteiger partial charge in [0.2, 0.25) is 11.8 Å². The van der Waals surface area contributed by atoms with E-state index >= 15 is 0 Å². The maximum absolute atomic E-state index is 13.8. The first-order valence-corrected chi connectivity index (χ1v) is 14.4. The van der Waals surface area contributed by atoms with Crippen molar-refractivity contribution in [1.82, 2.24) is 25.3 Å². The average molecular weight is 592 g/mol. The van der Waals surface area contributed by atoms with Crippen molar-refractivity contribution in [2.24, 2.45) is 0 Å². The molecule has 0 radical (unpaired) electrons. The fourth-order valence-corrected chi connectivity index (χ4v) is 4.74. The van der Waals surface area contributed by atoms with Crippen LogP contribution in [0.15, 0.2) is 65.5 Å². The van der Waals surface area contributed by atoms with Gasteiger partial charge in [0.1, 0.15) is 17.2 Å². The normalized spacial score (nSPS) is 14.0. The lowest BCUT2D eigenvalue weighted by Crippen LogP contribution is -2.60. The van der Waals surface area contributed by atoms with Crippen molar-refractivity contribution in [1.29, 1.82) is 0 Å². The molecule has 230 valence electrons. The summed E-state index contributed by atoms with van der Waals surface area (Å²) < 4.78 is 12.7. The highest BCUT2D eigenvalue weighted by Gasteiger charge is 2.36. The van der Waals surface area contributed by atoms with Crippen LogP contribution in [-0.4, -0.2) is 62.9 Å². The van der Waals surface area contributed by atoms with Gasteiger partial charge in [-0.1, -0.05) is 60.7 Å². The van der Waals surface area contributed by atoms with E-state index in [9.17, 15) is 19.2 Å². The number of hydrogen-bond acceptors (Lipinski definition) is 6. The molecule has 1 aromatic heterocycles. The summed E-state index contributed by atoms with van der Waals surface area (Å²) in [7, 11) is 0. The van der Waals surface area contributed by atoms with Crippen LogP contribution in [0.25, 0.3) is 0 Å². The zero-order chi connectivity index (χ0) is 31.2. The van der Waals surface area contributed by atoms with E-state index < -0.39 is 29.2 Å². The lowest BCUT2D eigenvalue weighted by molar-refractivity contribution is -0.140. The van der Waals surface area contributed by atoms with E-state index in [0.29, 0.717) is 25.1 Å². The van der Waals surface area contributed by atoms with Crippen molar-refractivity contribution in [3.63, 3.8) is 0 Å². The standard InChI is InChI=1S/C32H41N5O6/c1-31(2,3)43-30(41)34-32(4,5)29(40)33-26(21-42-20-23-14-10-7-11-15-23)28(39)36-17-16-25-24(19-36)27(38)37(35-25)18-22-12-8-6-9-13-22/h6-15,26,35H,16-21H2,1-5H3,(H,33,40)(H,34,41)/t26-/m1/s1. The van der Waals surface area contributed by atoms with Gasteiger partial charge in [-0.25, -0.2) is 9.48 Å². The molecule has 4 rings (SSSR count). The first kappa shape index (κ1) is 31.6. The molecule has 43 heavy (non-hydrogen) atoms. The number of alkyl carbamates (subject to hydrolysis) is 1. The van der Waals surface area contributed by atoms with Crippen LogP contribution in [0, 0.1) is 0 Å². The molecule has 11 nitrogen and oxygen atoms in total. The Balaban J connectivity index is 1.48. The minimum Gasteiger partial charge on any atom is -0.444 e. The highest BCUT2D eigenvalue weighted by Crippen LogP contribution is 2.17. The van der Waals surface area contributed by atoms with Gasteiger partial charge in [0, 0.05) is 18.7 Å². The zero-order valence-corrected chi connectivity index (χ0v) is 25.4. The number of aromatic nitrogens is 2. The van der Waals surface area contributed by atoms with Crippen molar-refractivity contribution in [3.8, 4) is 0 Å². The summed E-state index contributed by atoms with van der Waals surface area (Å²) in [4.78, 5) is 54.4. The Morgan fingerprint density at radius 2 is 1.58 bits per heavy atom. The molecule has 1 atom stereocenters. The first-order valence-electron chi connectivity index (χ1n) is 14.4. The number of amides is 3. The molecule has 11 heteroatoms. The summed E-state index contributed by atoms with van der Waals surface area (Å²) >= 11 is 0. The Bertz CT molecular complexity index is 1470. The van der Waals surface area contributed by atoms with Crippen LogP contribution in [0.4, 0.5) is 4.79 Å². The highest BCUT2D eigenvalue weighted by atomic mass is 16.6. The van der Waals surface area contributed by atoms with Crippen molar-refractivity contribution in [2.75, 3.05) is 13.2 Å². The summed E-state index contributed by atoms with van der Waals surface area (Å²) in [5.41, 5.74) is 0.913. The first-order chi connectivity index (χ1) is 20.3. The highest BCUT2D eigenvalue weighted by molar-refractivity contribution is 5.93. The number of nitrogens with zero attached hydrogens (tertiary/aromatic N) is 2. The second-order valence-corrected chi connectivity index (χ2v) is 12.2. The second kappa shape index (κ2) is 13.3. The molecule has 0 spiro atoms. The molecule has 0 saturated carbocycles. The Hall–Kier alpha value is -4.38. The Labute approximate surface area is 251 Å². The molecule has 0 bridgehead atoms. The van der Waals surface area contributed by atoms with Crippen molar-refractivity contribution < 1.29 is 23.9 Å². The third kappa shape index (κ3) is 8.57. The van der Waals surface area contributed by atoms with E-state index in [1.165, 1.54) is 13.8 Å². The number of benzene rings is 2. The monoisotopic (exact) mass is 591 g/mol. The zero-order valence-electron chi connectivity index (χ0n) is 25.4. The Kier molecular flexibility index (Phi) is 9.75. The fourth-order valence-electron chi connectivity index (χ4n) is 4.74. The number of carbonyl (C=O) groups excluding carboxylic acids is 3. The van der Waals surface area contributed by atoms with E-state index in [1.807, 2.05) is 60.7 Å². The number of nitrogens with one attached hydrogen (secondary N) is 3. The second-order valence-electron chi connectivity index (χ2n) is 12.2. The van der Waals surface area contributed by atoms with Crippen LogP contribution < -0.4 is 16.2 Å². The topological polar surface area (TPSA) is 135 Å². The molecular formula is C32H41N5O6. The molecule has 3 aromatic rings. The number of rotatable bonds is 10. The van der Waals surface area contributed by atoms with Crippen molar-refractivity contribution in [2.45, 2.75) is 77.9 Å². The largest absolute Gasteiger partial charge is 0.444 e. The third-order valence-corrected chi connectivity index (χ3v) is 6.99. The number of carbonyl (C=O) groups is 3. The van der Waals surface area contributed by atoms with E-state index in [4.69, 9.17) is 9.47 Å². The summed E-state index contributed by atoms with van der Waals surface area (Å²) in [6.07, 6.45) is -0.284. The molecule has 1 aliphatic rings. The molecule has 0 unspecified atom stereocenters. The number of ether oxygens (including phenoxy) is 2. The van der Waals surface area contributed by atoms with Gasteiger partial charge in [0.05, 0.1) is 31.9 Å². The SMILES string of the molecule is CC(C)(C)OC(=O)NC(C)(C)C(=O)N[C@H](COCc1ccccc1)C(=O)N1CCc2[nH]n(Cc3ccccc3)c(=O)c2C1. The maximum Gasteiger partial charge on any atom is 0.408 e. The molecule has 2 heterocycles. The number of hydrogen-bond donors (Lipinski definition) is 3. The van der Waals surface area contributed by atoms with E-state index in [1.54, 1.807) is 30.4 Å². The van der Waals surface area contributed by atoms with E-state index in [2.05, 4.69) is 15.7 Å². The predicted octanol–water partition coefficient (Wildman–Crippen LogP) is 3.11. The van der Waals surface area contributed by atoms with Gasteiger partial charge in [0.25, 0.3) is 5.56 Å². The van der Waals surface area contributed by atoms with Crippen LogP contribution in [-0.2, 0) is 45.2 Å². The quantitative estimate of drug-likeness (QED) is 0.332. The van der Waals surface area contributed by atoms with Gasteiger partial charge in [-0.2, -0.15) is 0 Å². The summed E-state index contributed by atoms with van der Waals surface area (Å²) in [6.45, 7) is 9.24. The van der Waals surface area contributed by atoms with Gasteiger partial charge in [-0.15, -0.1) is 0 Å². The van der Waals surface area contributed by atoms with E-state index in [0.717, 1.165) is 16.8 Å². The van der Waals surface area contributed by atoms with Crippen LogP contribution in [0.5, 0.6) is 0 Å². The summed E-state index contributed by atoms with van der Waals surface area (Å²) in [5, 5.41) is 8.54. The smallest absolute Gasteiger partial charge is 0.408 e. The van der Waals surface area contributed by atoms with Gasteiger partial charge < -0.3 is 25.0 Å². The number of aromatic amines is 1. The van der Waals surface area contributed by atoms with Crippen molar-refractivity contribution in [3.05, 3.63) is 93.4 Å². The van der Waals surface area contributed by atoms with Gasteiger partial charge in [-0.3, -0.25) is 19.5 Å². The average Bonchev–Trinajstić information content (AvgIpc) is 3.25. The Morgan fingerprint density at radius 3 is 2.21 bits per heavy atom. The number of H-pyrrole nitrogens is 1. The van der Waals surface area contributed by atoms with Crippen LogP contribution in [0.3, 0.4) is 0 Å². The molecule has 0 aliphatic carbocycles. The van der Waals surface area contributed by atoms with Crippen LogP contribution >= 0.6 is 0 Å².